The van der Waals surface area contributed by atoms with Gasteiger partial charge in [-0.3, -0.25) is 4.79 Å². The van der Waals surface area contributed by atoms with Crippen molar-refractivity contribution in [3.8, 4) is 5.88 Å². The van der Waals surface area contributed by atoms with E-state index in [1.54, 1.807) is 12.1 Å². The molecule has 1 amide bonds. The standard InChI is InChI=1S/C18H16F4N2O2/c1-26-17-11(6-12(9-24-17)18(20,21)22)8-23-16(25)15-7-14(15)10-2-4-13(19)5-3-10/h2-6,9,14-15H,7-8H2,1H3,(H,23,25). The van der Waals surface area contributed by atoms with Gasteiger partial charge < -0.3 is 10.1 Å². The molecule has 0 saturated heterocycles. The van der Waals surface area contributed by atoms with E-state index in [1.165, 1.54) is 19.2 Å². The van der Waals surface area contributed by atoms with Crippen molar-refractivity contribution >= 4 is 5.91 Å². The van der Waals surface area contributed by atoms with E-state index in [2.05, 4.69) is 10.3 Å². The minimum Gasteiger partial charge on any atom is -0.481 e. The summed E-state index contributed by atoms with van der Waals surface area (Å²) in [4.78, 5) is 15.9. The Morgan fingerprint density at radius 1 is 1.31 bits per heavy atom. The third kappa shape index (κ3) is 3.95. The number of hydrogen-bond acceptors (Lipinski definition) is 3. The maximum Gasteiger partial charge on any atom is 0.417 e. The van der Waals surface area contributed by atoms with E-state index in [9.17, 15) is 22.4 Å². The van der Waals surface area contributed by atoms with Crippen molar-refractivity contribution in [3.05, 3.63) is 59.0 Å². The molecular weight excluding hydrogens is 352 g/mol. The second-order valence-corrected chi connectivity index (χ2v) is 6.11. The minimum atomic E-state index is -4.53. The van der Waals surface area contributed by atoms with Gasteiger partial charge in [-0.05, 0) is 36.1 Å². The Morgan fingerprint density at radius 2 is 2.00 bits per heavy atom. The minimum absolute atomic E-state index is 0.00266. The maximum atomic E-state index is 12.9. The molecule has 1 aliphatic rings. The number of amides is 1. The highest BCUT2D eigenvalue weighted by Crippen LogP contribution is 2.47. The molecular formula is C18H16F4N2O2. The zero-order valence-corrected chi connectivity index (χ0v) is 13.8. The number of nitrogens with zero attached hydrogens (tertiary/aromatic N) is 1. The Morgan fingerprint density at radius 3 is 2.62 bits per heavy atom. The Labute approximate surface area is 147 Å². The second kappa shape index (κ2) is 6.93. The predicted octanol–water partition coefficient (Wildman–Crippen LogP) is 3.67. The highest BCUT2D eigenvalue weighted by molar-refractivity contribution is 5.82. The number of rotatable bonds is 5. The van der Waals surface area contributed by atoms with Crippen LogP contribution in [0.1, 0.15) is 29.0 Å². The number of nitrogens with one attached hydrogen (secondary N) is 1. The van der Waals surface area contributed by atoms with Crippen LogP contribution in [0.4, 0.5) is 17.6 Å². The van der Waals surface area contributed by atoms with Gasteiger partial charge in [0.1, 0.15) is 5.82 Å². The summed E-state index contributed by atoms with van der Waals surface area (Å²) in [7, 11) is 1.30. The van der Waals surface area contributed by atoms with Crippen LogP contribution in [0.25, 0.3) is 0 Å². The molecule has 1 aromatic heterocycles. The third-order valence-corrected chi connectivity index (χ3v) is 4.32. The van der Waals surface area contributed by atoms with Crippen molar-refractivity contribution in [2.75, 3.05) is 7.11 Å². The number of aromatic nitrogens is 1. The number of ether oxygens (including phenoxy) is 1. The van der Waals surface area contributed by atoms with Gasteiger partial charge in [-0.1, -0.05) is 12.1 Å². The Hall–Kier alpha value is -2.64. The molecule has 0 radical (unpaired) electrons. The summed E-state index contributed by atoms with van der Waals surface area (Å²) in [6.45, 7) is -0.119. The Bertz CT molecular complexity index is 806. The van der Waals surface area contributed by atoms with Crippen LogP contribution >= 0.6 is 0 Å². The van der Waals surface area contributed by atoms with Crippen molar-refractivity contribution in [3.63, 3.8) is 0 Å². The van der Waals surface area contributed by atoms with Crippen LogP contribution in [0.5, 0.6) is 5.88 Å². The van der Waals surface area contributed by atoms with Crippen LogP contribution in [0, 0.1) is 11.7 Å². The van der Waals surface area contributed by atoms with Crippen molar-refractivity contribution in [2.45, 2.75) is 25.1 Å². The van der Waals surface area contributed by atoms with E-state index in [0.29, 0.717) is 12.6 Å². The van der Waals surface area contributed by atoms with Gasteiger partial charge in [-0.25, -0.2) is 9.37 Å². The molecule has 138 valence electrons. The average molecular weight is 368 g/mol. The van der Waals surface area contributed by atoms with Gasteiger partial charge >= 0.3 is 6.18 Å². The van der Waals surface area contributed by atoms with Crippen molar-refractivity contribution in [1.29, 1.82) is 0 Å². The van der Waals surface area contributed by atoms with E-state index < -0.39 is 11.7 Å². The molecule has 1 saturated carbocycles. The summed E-state index contributed by atoms with van der Waals surface area (Å²) in [6, 6.07) is 6.85. The average Bonchev–Trinajstić information content (AvgIpc) is 3.40. The lowest BCUT2D eigenvalue weighted by Crippen LogP contribution is -2.25. The Kier molecular flexibility index (Phi) is 4.84. The van der Waals surface area contributed by atoms with Gasteiger partial charge in [0.25, 0.3) is 0 Å². The largest absolute Gasteiger partial charge is 0.481 e. The molecule has 3 rings (SSSR count). The molecule has 8 heteroatoms. The molecule has 2 unspecified atom stereocenters. The van der Waals surface area contributed by atoms with Gasteiger partial charge in [0.2, 0.25) is 11.8 Å². The van der Waals surface area contributed by atoms with Crippen molar-refractivity contribution < 1.29 is 27.1 Å². The van der Waals surface area contributed by atoms with E-state index in [1.807, 2.05) is 0 Å². The Balaban J connectivity index is 1.64. The van der Waals surface area contributed by atoms with Gasteiger partial charge in [0.05, 0.1) is 12.7 Å². The molecule has 0 aliphatic heterocycles. The molecule has 2 aromatic rings. The highest BCUT2D eigenvalue weighted by atomic mass is 19.4. The number of hydrogen-bond donors (Lipinski definition) is 1. The van der Waals surface area contributed by atoms with E-state index in [4.69, 9.17) is 4.74 Å². The quantitative estimate of drug-likeness (QED) is 0.820. The highest BCUT2D eigenvalue weighted by Gasteiger charge is 2.43. The fraction of sp³-hybridized carbons (Fsp3) is 0.333. The summed E-state index contributed by atoms with van der Waals surface area (Å²) in [6.07, 6.45) is -3.22. The first-order valence-electron chi connectivity index (χ1n) is 7.93. The fourth-order valence-electron chi connectivity index (χ4n) is 2.84. The molecule has 1 fully saturated rings. The smallest absolute Gasteiger partial charge is 0.417 e. The first-order valence-corrected chi connectivity index (χ1v) is 7.93. The second-order valence-electron chi connectivity index (χ2n) is 6.11. The summed E-state index contributed by atoms with van der Waals surface area (Å²) >= 11 is 0. The summed E-state index contributed by atoms with van der Waals surface area (Å²) in [5, 5.41) is 2.63. The van der Waals surface area contributed by atoms with Crippen molar-refractivity contribution in [2.24, 2.45) is 5.92 Å². The van der Waals surface area contributed by atoms with Gasteiger partial charge in [0.15, 0.2) is 0 Å². The molecule has 1 N–H and O–H groups in total. The van der Waals surface area contributed by atoms with Gasteiger partial charge in [-0.2, -0.15) is 13.2 Å². The molecule has 0 bridgehead atoms. The summed E-state index contributed by atoms with van der Waals surface area (Å²) < 4.78 is 56.3. The van der Waals surface area contributed by atoms with Crippen LogP contribution < -0.4 is 10.1 Å². The molecule has 1 aliphatic carbocycles. The van der Waals surface area contributed by atoms with Crippen LogP contribution in [-0.4, -0.2) is 18.0 Å². The SMILES string of the molecule is COc1ncc(C(F)(F)F)cc1CNC(=O)C1CC1c1ccc(F)cc1. The van der Waals surface area contributed by atoms with E-state index in [-0.39, 0.29) is 41.5 Å². The first kappa shape index (κ1) is 18.2. The van der Waals surface area contributed by atoms with Crippen LogP contribution in [0.3, 0.4) is 0 Å². The number of methoxy groups -OCH3 is 1. The molecule has 1 aromatic carbocycles. The number of carbonyl (C=O) groups excluding carboxylic acids is 1. The summed E-state index contributed by atoms with van der Waals surface area (Å²) in [5.41, 5.74) is 0.109. The number of benzene rings is 1. The predicted molar refractivity (Wildman–Crippen MR) is 84.9 cm³/mol. The third-order valence-electron chi connectivity index (χ3n) is 4.32. The zero-order valence-electron chi connectivity index (χ0n) is 13.8. The van der Waals surface area contributed by atoms with Gasteiger partial charge in [-0.15, -0.1) is 0 Å². The molecule has 1 heterocycles. The zero-order chi connectivity index (χ0) is 18.9. The van der Waals surface area contributed by atoms with Crippen LogP contribution in [0.15, 0.2) is 36.5 Å². The van der Waals surface area contributed by atoms with E-state index in [0.717, 1.165) is 11.6 Å². The van der Waals surface area contributed by atoms with E-state index >= 15 is 0 Å². The molecule has 26 heavy (non-hydrogen) atoms. The lowest BCUT2D eigenvalue weighted by molar-refractivity contribution is -0.137. The van der Waals surface area contributed by atoms with Gasteiger partial charge in [0, 0.05) is 24.2 Å². The number of carbonyl (C=O) groups is 1. The van der Waals surface area contributed by atoms with Crippen LogP contribution in [-0.2, 0) is 17.5 Å². The number of alkyl halides is 3. The number of pyridine rings is 1. The molecule has 2 atom stereocenters. The molecule has 4 nitrogen and oxygen atoms in total. The number of halogens is 4. The fourth-order valence-corrected chi connectivity index (χ4v) is 2.84. The summed E-state index contributed by atoms with van der Waals surface area (Å²) in [5.74, 6) is -0.857. The molecule has 0 spiro atoms. The first-order chi connectivity index (χ1) is 12.3. The van der Waals surface area contributed by atoms with Crippen LogP contribution in [0.2, 0.25) is 0 Å². The topological polar surface area (TPSA) is 51.2 Å². The normalized spacial score (nSPS) is 19.1. The lowest BCUT2D eigenvalue weighted by atomic mass is 10.1. The monoisotopic (exact) mass is 368 g/mol. The lowest BCUT2D eigenvalue weighted by Gasteiger charge is -2.12. The van der Waals surface area contributed by atoms with Crippen molar-refractivity contribution in [1.82, 2.24) is 10.3 Å². The maximum absolute atomic E-state index is 12.9.